The molecule has 2 aromatic rings. The number of hydrogen-bond acceptors (Lipinski definition) is 2. The Hall–Kier alpha value is -0.963. The van der Waals surface area contributed by atoms with Crippen LogP contribution < -0.4 is 0 Å². The van der Waals surface area contributed by atoms with Crippen molar-refractivity contribution in [1.29, 1.82) is 0 Å². The molecule has 0 saturated heterocycles. The van der Waals surface area contributed by atoms with Gasteiger partial charge in [-0.15, -0.1) is 5.54 Å². The lowest BCUT2D eigenvalue weighted by molar-refractivity contribution is 0.566. The fraction of sp³-hybridized carbons (Fsp3) is 0.200. The zero-order valence-corrected chi connectivity index (χ0v) is 15.8. The van der Waals surface area contributed by atoms with Crippen LogP contribution in [0.25, 0.3) is 6.08 Å². The monoisotopic (exact) mass is 414 g/mol. The van der Waals surface area contributed by atoms with Crippen LogP contribution in [0.2, 0.25) is 19.6 Å². The van der Waals surface area contributed by atoms with Gasteiger partial charge < -0.3 is 8.83 Å². The molecule has 0 aliphatic heterocycles. The molecule has 0 amide bonds. The minimum Gasteiger partial charge on any atom is -0.472 e. The van der Waals surface area contributed by atoms with Crippen LogP contribution in [0.15, 0.2) is 49.4 Å². The summed E-state index contributed by atoms with van der Waals surface area (Å²) in [5.41, 5.74) is 5.27. The van der Waals surface area contributed by atoms with E-state index in [0.717, 1.165) is 14.5 Å². The van der Waals surface area contributed by atoms with Crippen molar-refractivity contribution in [2.45, 2.75) is 19.6 Å². The van der Waals surface area contributed by atoms with E-state index in [1.165, 1.54) is 0 Å². The Balaban J connectivity index is 0.000000204. The highest BCUT2D eigenvalue weighted by molar-refractivity contribution is 9.28. The highest BCUT2D eigenvalue weighted by Crippen LogP contribution is 2.17. The Labute approximate surface area is 137 Å². The predicted octanol–water partition coefficient (Wildman–Crippen LogP) is 5.88. The second kappa shape index (κ2) is 8.35. The highest BCUT2D eigenvalue weighted by atomic mass is 79.9. The van der Waals surface area contributed by atoms with E-state index in [9.17, 15) is 0 Å². The minimum atomic E-state index is -1.22. The van der Waals surface area contributed by atoms with Crippen molar-refractivity contribution < 1.29 is 8.83 Å². The first-order valence-electron chi connectivity index (χ1n) is 5.97. The van der Waals surface area contributed by atoms with Gasteiger partial charge in [0, 0.05) is 5.56 Å². The van der Waals surface area contributed by atoms with Gasteiger partial charge in [-0.2, -0.15) is 0 Å². The molecule has 0 N–H and O–H groups in total. The average molecular weight is 416 g/mol. The number of hydrogen-bond donors (Lipinski definition) is 0. The highest BCUT2D eigenvalue weighted by Gasteiger charge is 2.07. The first kappa shape index (κ1) is 17.1. The van der Waals surface area contributed by atoms with Crippen molar-refractivity contribution in [1.82, 2.24) is 0 Å². The van der Waals surface area contributed by atoms with Crippen LogP contribution in [0.4, 0.5) is 0 Å². The van der Waals surface area contributed by atoms with E-state index in [-0.39, 0.29) is 0 Å². The summed E-state index contributed by atoms with van der Waals surface area (Å²) in [6.07, 6.45) is 8.53. The molecule has 2 nitrogen and oxygen atoms in total. The average Bonchev–Trinajstić information content (AvgIpc) is 2.97. The van der Waals surface area contributed by atoms with E-state index in [4.69, 9.17) is 8.83 Å². The second-order valence-electron chi connectivity index (χ2n) is 5.00. The summed E-state index contributed by atoms with van der Waals surface area (Å²) in [5, 5.41) is 0. The summed E-state index contributed by atoms with van der Waals surface area (Å²) in [7, 11) is -1.22. The normalized spacial score (nSPS) is 9.85. The molecule has 106 valence electrons. The lowest BCUT2D eigenvalue weighted by atomic mass is 10.3. The standard InChI is InChI=1S/C9H12OSi.C6H4Br2O/c1-11(2,3)7-5-9-4-6-10-8-9;7-6(8)3-5-1-2-9-4-5/h4,6,8H,1-3H3;1-4H. The predicted molar refractivity (Wildman–Crippen MR) is 93.5 cm³/mol. The van der Waals surface area contributed by atoms with Crippen LogP contribution in [0.3, 0.4) is 0 Å². The molecule has 0 atom stereocenters. The molecular weight excluding hydrogens is 400 g/mol. The van der Waals surface area contributed by atoms with E-state index < -0.39 is 8.07 Å². The molecule has 0 bridgehead atoms. The van der Waals surface area contributed by atoms with E-state index in [1.54, 1.807) is 25.1 Å². The third kappa shape index (κ3) is 8.26. The first-order valence-corrected chi connectivity index (χ1v) is 11.1. The summed E-state index contributed by atoms with van der Waals surface area (Å²) in [6, 6.07) is 3.76. The lowest BCUT2D eigenvalue weighted by Gasteiger charge is -2.02. The maximum atomic E-state index is 4.89. The molecule has 0 aromatic carbocycles. The molecule has 0 radical (unpaired) electrons. The fourth-order valence-corrected chi connectivity index (χ4v) is 2.13. The molecule has 0 unspecified atom stereocenters. The van der Waals surface area contributed by atoms with Crippen LogP contribution in [-0.2, 0) is 0 Å². The van der Waals surface area contributed by atoms with Crippen LogP contribution >= 0.6 is 31.9 Å². The van der Waals surface area contributed by atoms with Crippen molar-refractivity contribution in [2.75, 3.05) is 0 Å². The zero-order chi connectivity index (χ0) is 15.0. The largest absolute Gasteiger partial charge is 0.472 e. The van der Waals surface area contributed by atoms with Gasteiger partial charge in [0.1, 0.15) is 14.3 Å². The lowest BCUT2D eigenvalue weighted by Crippen LogP contribution is -2.16. The van der Waals surface area contributed by atoms with Gasteiger partial charge >= 0.3 is 0 Å². The Bertz CT molecular complexity index is 578. The summed E-state index contributed by atoms with van der Waals surface area (Å²) in [5.74, 6) is 3.08. The maximum Gasteiger partial charge on any atom is 0.129 e. The van der Waals surface area contributed by atoms with E-state index in [2.05, 4.69) is 63.0 Å². The molecule has 5 heteroatoms. The summed E-state index contributed by atoms with van der Waals surface area (Å²) in [6.45, 7) is 6.67. The van der Waals surface area contributed by atoms with Gasteiger partial charge in [0.05, 0.1) is 27.7 Å². The third-order valence-corrected chi connectivity index (χ3v) is 3.25. The van der Waals surface area contributed by atoms with Crippen molar-refractivity contribution in [3.63, 3.8) is 0 Å². The number of halogens is 2. The van der Waals surface area contributed by atoms with Crippen molar-refractivity contribution in [3.8, 4) is 11.5 Å². The molecule has 0 spiro atoms. The van der Waals surface area contributed by atoms with Gasteiger partial charge in [-0.25, -0.2) is 0 Å². The molecule has 20 heavy (non-hydrogen) atoms. The Kier molecular flexibility index (Phi) is 7.14. The van der Waals surface area contributed by atoms with Gasteiger partial charge in [0.15, 0.2) is 0 Å². The summed E-state index contributed by atoms with van der Waals surface area (Å²) < 4.78 is 10.6. The smallest absolute Gasteiger partial charge is 0.129 e. The van der Waals surface area contributed by atoms with Crippen molar-refractivity contribution in [2.24, 2.45) is 0 Å². The van der Waals surface area contributed by atoms with Crippen LogP contribution in [0.1, 0.15) is 11.1 Å². The molecule has 0 fully saturated rings. The van der Waals surface area contributed by atoms with Crippen molar-refractivity contribution in [3.05, 3.63) is 51.7 Å². The molecular formula is C15H16Br2O2Si. The van der Waals surface area contributed by atoms with E-state index in [1.807, 2.05) is 18.2 Å². The molecule has 2 heterocycles. The third-order valence-electron chi connectivity index (χ3n) is 1.92. The van der Waals surface area contributed by atoms with Gasteiger partial charge in [0.2, 0.25) is 0 Å². The van der Waals surface area contributed by atoms with Gasteiger partial charge in [-0.1, -0.05) is 25.6 Å². The summed E-state index contributed by atoms with van der Waals surface area (Å²) >= 11 is 6.46. The van der Waals surface area contributed by atoms with Crippen LogP contribution in [0, 0.1) is 11.5 Å². The Morgan fingerprint density at radius 3 is 2.20 bits per heavy atom. The van der Waals surface area contributed by atoms with Gasteiger partial charge in [-0.3, -0.25) is 0 Å². The quantitative estimate of drug-likeness (QED) is 0.429. The van der Waals surface area contributed by atoms with Crippen molar-refractivity contribution >= 4 is 46.0 Å². The van der Waals surface area contributed by atoms with E-state index >= 15 is 0 Å². The molecule has 2 aromatic heterocycles. The molecule has 0 saturated carbocycles. The SMILES string of the molecule is BrC(Br)=Cc1ccoc1.C[Si](C)(C)C#Cc1ccoc1. The van der Waals surface area contributed by atoms with Crippen LogP contribution in [-0.4, -0.2) is 8.07 Å². The Morgan fingerprint density at radius 1 is 1.10 bits per heavy atom. The second-order valence-corrected chi connectivity index (χ2v) is 12.5. The first-order chi connectivity index (χ1) is 9.37. The fourth-order valence-electron chi connectivity index (χ4n) is 1.08. The molecule has 0 aliphatic rings. The van der Waals surface area contributed by atoms with E-state index in [0.29, 0.717) is 0 Å². The topological polar surface area (TPSA) is 26.3 Å². The molecule has 0 aliphatic carbocycles. The zero-order valence-electron chi connectivity index (χ0n) is 11.6. The maximum absolute atomic E-state index is 4.89. The van der Waals surface area contributed by atoms with Gasteiger partial charge in [-0.05, 0) is 50.1 Å². The molecule has 2 rings (SSSR count). The van der Waals surface area contributed by atoms with Crippen LogP contribution in [0.5, 0.6) is 0 Å². The number of furan rings is 2. The number of rotatable bonds is 1. The minimum absolute atomic E-state index is 0.913. The Morgan fingerprint density at radius 2 is 1.75 bits per heavy atom. The summed E-state index contributed by atoms with van der Waals surface area (Å²) in [4.78, 5) is 0. The van der Waals surface area contributed by atoms with Gasteiger partial charge in [0.25, 0.3) is 0 Å².